The van der Waals surface area contributed by atoms with Gasteiger partial charge in [0.15, 0.2) is 5.82 Å². The van der Waals surface area contributed by atoms with E-state index in [0.717, 1.165) is 43.0 Å². The van der Waals surface area contributed by atoms with Crippen LogP contribution in [0.25, 0.3) is 0 Å². The van der Waals surface area contributed by atoms with Gasteiger partial charge in [-0.1, -0.05) is 61.7 Å². The largest absolute Gasteiger partial charge is 0.573 e. The number of nitrogens with one attached hydrogen (secondary N) is 1. The molecule has 0 amide bonds. The van der Waals surface area contributed by atoms with E-state index in [1.54, 1.807) is 16.8 Å². The molecule has 2 aliphatic rings. The lowest BCUT2D eigenvalue weighted by Crippen LogP contribution is -2.44. The Labute approximate surface area is 202 Å². The molecule has 2 aromatic carbocycles. The molecular formula is C25H29F3N6O. The predicted molar refractivity (Wildman–Crippen MR) is 123 cm³/mol. The second-order valence-electron chi connectivity index (χ2n) is 9.35. The van der Waals surface area contributed by atoms with Gasteiger partial charge in [0.05, 0.1) is 6.54 Å². The fourth-order valence-corrected chi connectivity index (χ4v) is 5.07. The smallest absolute Gasteiger partial charge is 0.406 e. The van der Waals surface area contributed by atoms with Gasteiger partial charge in [-0.3, -0.25) is 5.43 Å². The van der Waals surface area contributed by atoms with Crippen LogP contribution < -0.4 is 10.2 Å². The predicted octanol–water partition coefficient (Wildman–Crippen LogP) is 4.73. The lowest BCUT2D eigenvalue weighted by atomic mass is 9.74. The molecule has 35 heavy (non-hydrogen) atoms. The Hall–Kier alpha value is -2.98. The van der Waals surface area contributed by atoms with E-state index in [1.165, 1.54) is 31.4 Å². The molecule has 0 bridgehead atoms. The molecule has 10 heteroatoms. The van der Waals surface area contributed by atoms with Gasteiger partial charge in [0.1, 0.15) is 11.8 Å². The van der Waals surface area contributed by atoms with Gasteiger partial charge in [-0.15, -0.1) is 18.3 Å². The zero-order valence-electron chi connectivity index (χ0n) is 19.4. The summed E-state index contributed by atoms with van der Waals surface area (Å²) in [6, 6.07) is 15.5. The quantitative estimate of drug-likeness (QED) is 0.521. The normalized spacial score (nSPS) is 20.7. The maximum absolute atomic E-state index is 12.7. The van der Waals surface area contributed by atoms with E-state index in [-0.39, 0.29) is 11.8 Å². The molecule has 5 rings (SSSR count). The van der Waals surface area contributed by atoms with Crippen LogP contribution in [0.5, 0.6) is 5.75 Å². The first kappa shape index (κ1) is 23.7. The summed E-state index contributed by atoms with van der Waals surface area (Å²) in [6.07, 6.45) is 1.36. The third-order valence-electron chi connectivity index (χ3n) is 7.07. The number of nitrogens with zero attached hydrogens (tertiary/aromatic N) is 5. The highest BCUT2D eigenvalue weighted by Crippen LogP contribution is 2.37. The highest BCUT2D eigenvalue weighted by atomic mass is 19.4. The number of hydrazine groups is 1. The number of halogens is 3. The molecule has 1 N–H and O–H groups in total. The first-order chi connectivity index (χ1) is 17.0. The summed E-state index contributed by atoms with van der Waals surface area (Å²) in [5.74, 6) is 1.80. The average Bonchev–Trinajstić information content (AvgIpc) is 3.10. The van der Waals surface area contributed by atoms with Crippen molar-refractivity contribution >= 4 is 0 Å². The van der Waals surface area contributed by atoms with E-state index in [1.807, 2.05) is 30.3 Å². The summed E-state index contributed by atoms with van der Waals surface area (Å²) < 4.78 is 43.9. The molecule has 1 saturated heterocycles. The lowest BCUT2D eigenvalue weighted by Gasteiger charge is -2.34. The van der Waals surface area contributed by atoms with E-state index < -0.39 is 6.36 Å². The van der Waals surface area contributed by atoms with E-state index in [9.17, 15) is 13.2 Å². The molecule has 1 aromatic heterocycles. The van der Waals surface area contributed by atoms with Gasteiger partial charge in [-0.2, -0.15) is 0 Å². The van der Waals surface area contributed by atoms with E-state index in [4.69, 9.17) is 0 Å². The van der Waals surface area contributed by atoms with Crippen LogP contribution in [0, 0.1) is 11.8 Å². The van der Waals surface area contributed by atoms with Crippen LogP contribution in [-0.4, -0.2) is 44.7 Å². The first-order valence-electron chi connectivity index (χ1n) is 12.1. The van der Waals surface area contributed by atoms with Crippen molar-refractivity contribution in [3.8, 4) is 5.75 Å². The number of hydrogen-bond donors (Lipinski definition) is 1. The average molecular weight is 487 g/mol. The second kappa shape index (κ2) is 10.3. The number of alkyl halides is 3. The fourth-order valence-electron chi connectivity index (χ4n) is 5.07. The van der Waals surface area contributed by atoms with Crippen molar-refractivity contribution in [2.45, 2.75) is 51.1 Å². The Morgan fingerprint density at radius 1 is 0.971 bits per heavy atom. The molecular weight excluding hydrogens is 457 g/mol. The summed E-state index contributed by atoms with van der Waals surface area (Å²) in [6.45, 7) is 2.15. The van der Waals surface area contributed by atoms with Crippen molar-refractivity contribution < 1.29 is 17.9 Å². The minimum absolute atomic E-state index is 0.252. The van der Waals surface area contributed by atoms with Crippen molar-refractivity contribution in [3.05, 3.63) is 71.5 Å². The zero-order valence-corrected chi connectivity index (χ0v) is 19.4. The second-order valence-corrected chi connectivity index (χ2v) is 9.35. The molecule has 1 aliphatic carbocycles. The van der Waals surface area contributed by atoms with Crippen molar-refractivity contribution in [1.82, 2.24) is 30.6 Å². The van der Waals surface area contributed by atoms with Crippen molar-refractivity contribution in [2.75, 3.05) is 13.1 Å². The van der Waals surface area contributed by atoms with Gasteiger partial charge >= 0.3 is 6.36 Å². The fraction of sp³-hybridized carbons (Fsp3) is 0.480. The molecule has 0 spiro atoms. The highest BCUT2D eigenvalue weighted by molar-refractivity contribution is 5.32. The molecule has 2 heterocycles. The van der Waals surface area contributed by atoms with Crippen molar-refractivity contribution in [1.29, 1.82) is 0 Å². The van der Waals surface area contributed by atoms with Crippen LogP contribution in [0.15, 0.2) is 54.6 Å². The Morgan fingerprint density at radius 3 is 2.40 bits per heavy atom. The summed E-state index contributed by atoms with van der Waals surface area (Å²) in [4.78, 5) is 0. The van der Waals surface area contributed by atoms with Crippen LogP contribution in [0.2, 0.25) is 0 Å². The molecule has 1 unspecified atom stereocenters. The number of ether oxygens (including phenoxy) is 1. The van der Waals surface area contributed by atoms with E-state index >= 15 is 0 Å². The van der Waals surface area contributed by atoms with Crippen LogP contribution in [0.4, 0.5) is 13.2 Å². The van der Waals surface area contributed by atoms with Gasteiger partial charge in [0.25, 0.3) is 0 Å². The summed E-state index contributed by atoms with van der Waals surface area (Å²) >= 11 is 0. The van der Waals surface area contributed by atoms with Gasteiger partial charge in [-0.25, -0.2) is 9.69 Å². The van der Waals surface area contributed by atoms with E-state index in [2.05, 4.69) is 30.7 Å². The van der Waals surface area contributed by atoms with Crippen LogP contribution in [-0.2, 0) is 6.54 Å². The minimum Gasteiger partial charge on any atom is -0.406 e. The third-order valence-corrected chi connectivity index (χ3v) is 7.07. The van der Waals surface area contributed by atoms with Crippen molar-refractivity contribution in [2.24, 2.45) is 11.8 Å². The number of tetrazole rings is 1. The van der Waals surface area contributed by atoms with Gasteiger partial charge < -0.3 is 4.74 Å². The van der Waals surface area contributed by atoms with Crippen molar-refractivity contribution in [3.63, 3.8) is 0 Å². The van der Waals surface area contributed by atoms with Gasteiger partial charge in [-0.05, 0) is 58.4 Å². The van der Waals surface area contributed by atoms with Gasteiger partial charge in [0, 0.05) is 13.1 Å². The number of aromatic nitrogens is 4. The Bertz CT molecular complexity index is 1080. The number of hydrogen-bond acceptors (Lipinski definition) is 6. The maximum Gasteiger partial charge on any atom is 0.573 e. The molecule has 1 aliphatic heterocycles. The first-order valence-corrected chi connectivity index (χ1v) is 12.1. The Balaban J connectivity index is 1.44. The summed E-state index contributed by atoms with van der Waals surface area (Å²) in [7, 11) is 0. The van der Waals surface area contributed by atoms with Crippen LogP contribution in [0.3, 0.4) is 0 Å². The molecule has 0 radical (unpaired) electrons. The summed E-state index contributed by atoms with van der Waals surface area (Å²) in [5.41, 5.74) is 5.47. The van der Waals surface area contributed by atoms with Crippen LogP contribution >= 0.6 is 0 Å². The zero-order chi connectivity index (χ0) is 24.3. The molecule has 7 nitrogen and oxygen atoms in total. The number of benzene rings is 2. The number of rotatable bonds is 7. The molecule has 2 atom stereocenters. The third kappa shape index (κ3) is 5.82. The molecule has 1 saturated carbocycles. The SMILES string of the molecule is FC(F)(F)Oc1ccc(C(c2nnnn2Cc2ccccc2)N2CCC[C@@H](C3CCC3)CN2)cc1. The van der Waals surface area contributed by atoms with Gasteiger partial charge in [0.2, 0.25) is 0 Å². The topological polar surface area (TPSA) is 68.1 Å². The molecule has 3 aromatic rings. The van der Waals surface area contributed by atoms with E-state index in [0.29, 0.717) is 18.3 Å². The molecule has 2 fully saturated rings. The standard InChI is InChI=1S/C25H29F3N6O/c26-25(27,28)35-22-13-11-20(12-14-22)23(33-15-5-10-21(16-29-33)19-8-4-9-19)24-30-31-32-34(24)17-18-6-2-1-3-7-18/h1-3,6-7,11-14,19,21,23,29H,4-5,8-10,15-17H2/t21-,23?/m1/s1. The minimum atomic E-state index is -4.73. The monoisotopic (exact) mass is 486 g/mol. The van der Waals surface area contributed by atoms with Crippen LogP contribution in [0.1, 0.15) is 55.1 Å². The Morgan fingerprint density at radius 2 is 1.71 bits per heavy atom. The molecule has 186 valence electrons. The highest BCUT2D eigenvalue weighted by Gasteiger charge is 2.34. The maximum atomic E-state index is 12.7. The summed E-state index contributed by atoms with van der Waals surface area (Å²) in [5, 5.41) is 14.7. The lowest BCUT2D eigenvalue weighted by molar-refractivity contribution is -0.274. The Kier molecular flexibility index (Phi) is 7.01.